The lowest BCUT2D eigenvalue weighted by Crippen LogP contribution is -2.41. The van der Waals surface area contributed by atoms with Crippen LogP contribution >= 0.6 is 11.8 Å². The van der Waals surface area contributed by atoms with Gasteiger partial charge < -0.3 is 14.4 Å². The Kier molecular flexibility index (Phi) is 7.65. The van der Waals surface area contributed by atoms with Gasteiger partial charge in [-0.15, -0.1) is 11.8 Å². The SMILES string of the molecule is CCCSc1ccc(-c2cc(F)c(OCC3CCN(C(=O)OC4(C)CC4)CC3)c(F)c2)c(C)n1. The molecule has 1 aromatic heterocycles. The lowest BCUT2D eigenvalue weighted by molar-refractivity contribution is 0.0453. The van der Waals surface area contributed by atoms with Crippen LogP contribution in [0.3, 0.4) is 0 Å². The lowest BCUT2D eigenvalue weighted by atomic mass is 9.98. The highest BCUT2D eigenvalue weighted by atomic mass is 32.2. The molecule has 1 saturated heterocycles. The van der Waals surface area contributed by atoms with Crippen LogP contribution in [0.5, 0.6) is 5.75 Å². The number of carbonyl (C=O) groups is 1. The Morgan fingerprint density at radius 1 is 1.21 bits per heavy atom. The summed E-state index contributed by atoms with van der Waals surface area (Å²) in [5.74, 6) is -0.703. The number of aromatic nitrogens is 1. The van der Waals surface area contributed by atoms with E-state index in [-0.39, 0.29) is 30.0 Å². The number of carbonyl (C=O) groups excluding carboxylic acids is 1. The van der Waals surface area contributed by atoms with Crippen molar-refractivity contribution in [1.82, 2.24) is 9.88 Å². The fourth-order valence-corrected chi connectivity index (χ4v) is 4.80. The van der Waals surface area contributed by atoms with Gasteiger partial charge in [-0.3, -0.25) is 0 Å². The molecule has 1 aliphatic carbocycles. The van der Waals surface area contributed by atoms with Crippen molar-refractivity contribution in [3.63, 3.8) is 0 Å². The van der Waals surface area contributed by atoms with Crippen molar-refractivity contribution in [1.29, 1.82) is 0 Å². The van der Waals surface area contributed by atoms with Gasteiger partial charge in [-0.2, -0.15) is 0 Å². The molecule has 0 atom stereocenters. The number of halogens is 2. The molecule has 2 aliphatic rings. The van der Waals surface area contributed by atoms with E-state index in [2.05, 4.69) is 11.9 Å². The van der Waals surface area contributed by atoms with Gasteiger partial charge in [0, 0.05) is 24.3 Å². The van der Waals surface area contributed by atoms with Crippen LogP contribution in [0.4, 0.5) is 13.6 Å². The lowest BCUT2D eigenvalue weighted by Gasteiger charge is -2.32. The van der Waals surface area contributed by atoms with Crippen molar-refractivity contribution in [3.8, 4) is 16.9 Å². The summed E-state index contributed by atoms with van der Waals surface area (Å²) in [5.41, 5.74) is 1.58. The third-order valence-electron chi connectivity index (χ3n) is 6.45. The Bertz CT molecular complexity index is 1010. The molecule has 1 aliphatic heterocycles. The van der Waals surface area contributed by atoms with Gasteiger partial charge in [-0.25, -0.2) is 18.6 Å². The summed E-state index contributed by atoms with van der Waals surface area (Å²) >= 11 is 1.67. The maximum Gasteiger partial charge on any atom is 0.410 e. The fourth-order valence-electron chi connectivity index (χ4n) is 4.02. The standard InChI is InChI=1S/C26H32F2N2O3S/c1-4-13-34-23-6-5-20(17(2)29-23)19-14-21(27)24(22(28)15-19)32-16-18-7-11-30(12-8-18)25(31)33-26(3)9-10-26/h5-6,14-15,18H,4,7-13,16H2,1-3H3. The number of likely N-dealkylation sites (tertiary alicyclic amines) is 1. The normalized spacial score (nSPS) is 17.5. The molecule has 0 N–H and O–H groups in total. The van der Waals surface area contributed by atoms with Crippen LogP contribution in [0, 0.1) is 24.5 Å². The molecule has 4 rings (SSSR count). The zero-order valence-corrected chi connectivity index (χ0v) is 20.9. The van der Waals surface area contributed by atoms with E-state index in [9.17, 15) is 13.6 Å². The van der Waals surface area contributed by atoms with E-state index in [1.165, 1.54) is 12.1 Å². The first kappa shape index (κ1) is 24.8. The largest absolute Gasteiger partial charge is 0.487 e. The highest BCUT2D eigenvalue weighted by molar-refractivity contribution is 7.99. The van der Waals surface area contributed by atoms with Crippen molar-refractivity contribution >= 4 is 17.9 Å². The van der Waals surface area contributed by atoms with Gasteiger partial charge in [-0.1, -0.05) is 6.92 Å². The molecule has 0 radical (unpaired) electrons. The number of rotatable bonds is 8. The maximum atomic E-state index is 14.8. The predicted octanol–water partition coefficient (Wildman–Crippen LogP) is 6.62. The highest BCUT2D eigenvalue weighted by Crippen LogP contribution is 2.39. The quantitative estimate of drug-likeness (QED) is 0.389. The van der Waals surface area contributed by atoms with Crippen molar-refractivity contribution in [3.05, 3.63) is 41.6 Å². The number of pyridine rings is 1. The second kappa shape index (κ2) is 10.5. The smallest absolute Gasteiger partial charge is 0.410 e. The van der Waals surface area contributed by atoms with E-state index in [1.807, 2.05) is 26.0 Å². The van der Waals surface area contributed by atoms with Crippen LogP contribution in [0.25, 0.3) is 11.1 Å². The Morgan fingerprint density at radius 3 is 2.47 bits per heavy atom. The van der Waals surface area contributed by atoms with E-state index in [4.69, 9.17) is 9.47 Å². The first-order valence-electron chi connectivity index (χ1n) is 12.0. The van der Waals surface area contributed by atoms with Gasteiger partial charge in [0.25, 0.3) is 0 Å². The number of nitrogens with zero attached hydrogens (tertiary/aromatic N) is 2. The maximum absolute atomic E-state index is 14.8. The molecule has 2 heterocycles. The molecule has 0 spiro atoms. The molecule has 1 saturated carbocycles. The van der Waals surface area contributed by atoms with E-state index in [0.717, 1.165) is 35.7 Å². The minimum absolute atomic E-state index is 0.124. The molecule has 5 nitrogen and oxygen atoms in total. The van der Waals surface area contributed by atoms with Crippen molar-refractivity contribution < 1.29 is 23.0 Å². The Balaban J connectivity index is 1.34. The van der Waals surface area contributed by atoms with E-state index < -0.39 is 11.6 Å². The number of ether oxygens (including phenoxy) is 2. The number of thioether (sulfide) groups is 1. The molecular formula is C26H32F2N2O3S. The van der Waals surface area contributed by atoms with Gasteiger partial charge in [0.05, 0.1) is 11.6 Å². The summed E-state index contributed by atoms with van der Waals surface area (Å²) in [6.45, 7) is 7.23. The predicted molar refractivity (Wildman–Crippen MR) is 129 cm³/mol. The molecule has 8 heteroatoms. The second-order valence-corrected chi connectivity index (χ2v) is 10.6. The minimum Gasteiger partial charge on any atom is -0.487 e. The van der Waals surface area contributed by atoms with Crippen LogP contribution in [0.1, 0.15) is 51.6 Å². The van der Waals surface area contributed by atoms with E-state index >= 15 is 0 Å². The molecule has 34 heavy (non-hydrogen) atoms. The Labute approximate surface area is 204 Å². The fraction of sp³-hybridized carbons (Fsp3) is 0.538. The zero-order chi connectivity index (χ0) is 24.3. The summed E-state index contributed by atoms with van der Waals surface area (Å²) in [6, 6.07) is 6.35. The van der Waals surface area contributed by atoms with Crippen LogP contribution in [0.2, 0.25) is 0 Å². The average molecular weight is 491 g/mol. The number of hydrogen-bond acceptors (Lipinski definition) is 5. The van der Waals surface area contributed by atoms with E-state index in [1.54, 1.807) is 16.7 Å². The first-order valence-corrected chi connectivity index (χ1v) is 13.0. The van der Waals surface area contributed by atoms with Gasteiger partial charge in [-0.05, 0) is 87.5 Å². The van der Waals surface area contributed by atoms with Crippen molar-refractivity contribution in [2.45, 2.75) is 63.5 Å². The van der Waals surface area contributed by atoms with Crippen LogP contribution in [0.15, 0.2) is 29.3 Å². The summed E-state index contributed by atoms with van der Waals surface area (Å²) in [6.07, 6.45) is 4.03. The monoisotopic (exact) mass is 490 g/mol. The summed E-state index contributed by atoms with van der Waals surface area (Å²) in [4.78, 5) is 18.5. The van der Waals surface area contributed by atoms with Crippen LogP contribution in [-0.4, -0.2) is 47.0 Å². The number of benzene rings is 1. The van der Waals surface area contributed by atoms with Gasteiger partial charge in [0.2, 0.25) is 0 Å². The van der Waals surface area contributed by atoms with Crippen molar-refractivity contribution in [2.75, 3.05) is 25.4 Å². The second-order valence-electron chi connectivity index (χ2n) is 9.46. The number of piperidine rings is 1. The van der Waals surface area contributed by atoms with Crippen LogP contribution < -0.4 is 4.74 Å². The molecule has 0 bridgehead atoms. The number of amides is 1. The van der Waals surface area contributed by atoms with E-state index in [0.29, 0.717) is 37.1 Å². The highest BCUT2D eigenvalue weighted by Gasteiger charge is 2.43. The third-order valence-corrected chi connectivity index (χ3v) is 7.58. The molecule has 1 amide bonds. The Morgan fingerprint density at radius 2 is 1.88 bits per heavy atom. The topological polar surface area (TPSA) is 51.7 Å². The molecule has 184 valence electrons. The van der Waals surface area contributed by atoms with Gasteiger partial charge in [0.1, 0.15) is 5.60 Å². The van der Waals surface area contributed by atoms with Crippen LogP contribution in [-0.2, 0) is 4.74 Å². The van der Waals surface area contributed by atoms with Crippen molar-refractivity contribution in [2.24, 2.45) is 5.92 Å². The molecule has 2 fully saturated rings. The summed E-state index contributed by atoms with van der Waals surface area (Å²) in [7, 11) is 0. The minimum atomic E-state index is -0.725. The average Bonchev–Trinajstić information content (AvgIpc) is 3.53. The summed E-state index contributed by atoms with van der Waals surface area (Å²) in [5, 5.41) is 0.907. The molecule has 0 unspecified atom stereocenters. The number of hydrogen-bond donors (Lipinski definition) is 0. The molecule has 2 aromatic rings. The number of aryl methyl sites for hydroxylation is 1. The molecular weight excluding hydrogens is 458 g/mol. The molecule has 1 aromatic carbocycles. The first-order chi connectivity index (χ1) is 16.3. The summed E-state index contributed by atoms with van der Waals surface area (Å²) < 4.78 is 40.7. The zero-order valence-electron chi connectivity index (χ0n) is 20.0. The van der Waals surface area contributed by atoms with Gasteiger partial charge in [0.15, 0.2) is 17.4 Å². The Hall–Kier alpha value is -2.35. The van der Waals surface area contributed by atoms with Gasteiger partial charge >= 0.3 is 6.09 Å². The third kappa shape index (κ3) is 6.01.